The molecule has 1 rings (SSSR count). The van der Waals surface area contributed by atoms with Crippen LogP contribution < -0.4 is 0 Å². The highest BCUT2D eigenvalue weighted by atomic mass is 16.7. The summed E-state index contributed by atoms with van der Waals surface area (Å²) in [5.41, 5.74) is 1.05. The number of methoxy groups -OCH3 is 1. The molecule has 1 atom stereocenters. The first-order chi connectivity index (χ1) is 9.27. The van der Waals surface area contributed by atoms with Crippen LogP contribution in [0.1, 0.15) is 25.0 Å². The van der Waals surface area contributed by atoms with Crippen LogP contribution in [0.15, 0.2) is 42.5 Å². The van der Waals surface area contributed by atoms with Gasteiger partial charge in [-0.05, 0) is 18.9 Å². The Balaban J connectivity index is 2.58. The Morgan fingerprint density at radius 3 is 2.68 bits per heavy atom. The van der Waals surface area contributed by atoms with Gasteiger partial charge in [-0.25, -0.2) is 4.79 Å². The minimum Gasteiger partial charge on any atom is -0.463 e. The van der Waals surface area contributed by atoms with E-state index < -0.39 is 0 Å². The molecule has 0 radical (unpaired) electrons. The molecule has 19 heavy (non-hydrogen) atoms. The first kappa shape index (κ1) is 15.4. The molecule has 104 valence electrons. The van der Waals surface area contributed by atoms with Crippen molar-refractivity contribution in [1.29, 1.82) is 0 Å². The zero-order chi connectivity index (χ0) is 13.9. The fourth-order valence-electron chi connectivity index (χ4n) is 1.60. The largest absolute Gasteiger partial charge is 0.463 e. The number of hydrogen-bond acceptors (Lipinski definition) is 4. The molecule has 0 aliphatic rings. The molecule has 0 unspecified atom stereocenters. The Kier molecular flexibility index (Phi) is 7.54. The van der Waals surface area contributed by atoms with Crippen molar-refractivity contribution < 1.29 is 19.0 Å². The molecule has 0 aliphatic carbocycles. The smallest absolute Gasteiger partial charge is 0.330 e. The Hall–Kier alpha value is -1.65. The van der Waals surface area contributed by atoms with Crippen LogP contribution in [-0.2, 0) is 19.0 Å². The van der Waals surface area contributed by atoms with Crippen molar-refractivity contribution in [2.24, 2.45) is 0 Å². The van der Waals surface area contributed by atoms with Crippen molar-refractivity contribution >= 4 is 5.97 Å². The summed E-state index contributed by atoms with van der Waals surface area (Å²) in [6.45, 7) is 2.37. The average molecular weight is 264 g/mol. The summed E-state index contributed by atoms with van der Waals surface area (Å²) in [6.07, 6.45) is 3.64. The Morgan fingerprint density at radius 2 is 2.05 bits per heavy atom. The SMILES string of the molecule is CCOC(=O)C=CC[C@@H](OCOC)c1ccccc1. The maximum atomic E-state index is 11.2. The molecule has 0 aromatic heterocycles. The molecule has 4 nitrogen and oxygen atoms in total. The van der Waals surface area contributed by atoms with Gasteiger partial charge in [-0.3, -0.25) is 0 Å². The van der Waals surface area contributed by atoms with E-state index in [1.165, 1.54) is 6.08 Å². The van der Waals surface area contributed by atoms with E-state index in [9.17, 15) is 4.79 Å². The van der Waals surface area contributed by atoms with Crippen LogP contribution in [0.3, 0.4) is 0 Å². The number of ether oxygens (including phenoxy) is 3. The van der Waals surface area contributed by atoms with Crippen LogP contribution in [0, 0.1) is 0 Å². The zero-order valence-corrected chi connectivity index (χ0v) is 11.4. The van der Waals surface area contributed by atoms with E-state index in [0.717, 1.165) is 5.56 Å². The van der Waals surface area contributed by atoms with Crippen LogP contribution in [0.4, 0.5) is 0 Å². The number of carbonyl (C=O) groups excluding carboxylic acids is 1. The highest BCUT2D eigenvalue weighted by Gasteiger charge is 2.10. The summed E-state index contributed by atoms with van der Waals surface area (Å²) < 4.78 is 15.3. The minimum absolute atomic E-state index is 0.133. The van der Waals surface area contributed by atoms with Crippen molar-refractivity contribution in [3.63, 3.8) is 0 Å². The molecule has 1 aromatic carbocycles. The lowest BCUT2D eigenvalue weighted by Gasteiger charge is -2.16. The van der Waals surface area contributed by atoms with Gasteiger partial charge in [-0.2, -0.15) is 0 Å². The Bertz CT molecular complexity index is 386. The van der Waals surface area contributed by atoms with Gasteiger partial charge in [0, 0.05) is 13.2 Å². The van der Waals surface area contributed by atoms with Crippen molar-refractivity contribution in [1.82, 2.24) is 0 Å². The second kappa shape index (κ2) is 9.30. The van der Waals surface area contributed by atoms with Crippen LogP contribution in [0.2, 0.25) is 0 Å². The van der Waals surface area contributed by atoms with E-state index in [1.807, 2.05) is 30.3 Å². The van der Waals surface area contributed by atoms with E-state index in [1.54, 1.807) is 20.1 Å². The third kappa shape index (κ3) is 6.18. The number of rotatable bonds is 8. The summed E-state index contributed by atoms with van der Waals surface area (Å²) in [7, 11) is 1.58. The van der Waals surface area contributed by atoms with Crippen LogP contribution in [-0.4, -0.2) is 26.5 Å². The standard InChI is InChI=1S/C15H20O4/c1-3-18-15(16)11-7-10-14(19-12-17-2)13-8-5-4-6-9-13/h4-9,11,14H,3,10,12H2,1-2H3/t14-/m1/s1. The molecule has 0 fully saturated rings. The molecular formula is C15H20O4. The third-order valence-corrected chi connectivity index (χ3v) is 2.45. The van der Waals surface area contributed by atoms with Crippen LogP contribution in [0.25, 0.3) is 0 Å². The molecule has 0 aliphatic heterocycles. The summed E-state index contributed by atoms with van der Waals surface area (Å²) in [4.78, 5) is 11.2. The molecular weight excluding hydrogens is 244 g/mol. The first-order valence-electron chi connectivity index (χ1n) is 6.26. The van der Waals surface area contributed by atoms with E-state index in [-0.39, 0.29) is 18.9 Å². The van der Waals surface area contributed by atoms with Gasteiger partial charge in [0.2, 0.25) is 0 Å². The first-order valence-corrected chi connectivity index (χ1v) is 6.26. The molecule has 0 saturated carbocycles. The van der Waals surface area contributed by atoms with E-state index in [2.05, 4.69) is 0 Å². The summed E-state index contributed by atoms with van der Waals surface area (Å²) in [6, 6.07) is 9.82. The summed E-state index contributed by atoms with van der Waals surface area (Å²) in [5.74, 6) is -0.332. The lowest BCUT2D eigenvalue weighted by molar-refractivity contribution is -0.137. The molecule has 0 N–H and O–H groups in total. The normalized spacial score (nSPS) is 12.5. The number of hydrogen-bond donors (Lipinski definition) is 0. The molecule has 0 amide bonds. The Labute approximate surface area is 114 Å². The van der Waals surface area contributed by atoms with Gasteiger partial charge in [0.15, 0.2) is 0 Å². The van der Waals surface area contributed by atoms with Gasteiger partial charge < -0.3 is 14.2 Å². The monoisotopic (exact) mass is 264 g/mol. The van der Waals surface area contributed by atoms with E-state index in [4.69, 9.17) is 14.2 Å². The highest BCUT2D eigenvalue weighted by Crippen LogP contribution is 2.21. The summed E-state index contributed by atoms with van der Waals surface area (Å²) >= 11 is 0. The Morgan fingerprint density at radius 1 is 1.32 bits per heavy atom. The molecule has 0 bridgehead atoms. The highest BCUT2D eigenvalue weighted by molar-refractivity contribution is 5.81. The number of benzene rings is 1. The van der Waals surface area contributed by atoms with Gasteiger partial charge in [-0.15, -0.1) is 0 Å². The molecule has 4 heteroatoms. The number of carbonyl (C=O) groups is 1. The fourth-order valence-corrected chi connectivity index (χ4v) is 1.60. The molecule has 0 heterocycles. The van der Waals surface area contributed by atoms with Crippen LogP contribution >= 0.6 is 0 Å². The van der Waals surface area contributed by atoms with Crippen LogP contribution in [0.5, 0.6) is 0 Å². The van der Waals surface area contributed by atoms with Crippen molar-refractivity contribution in [2.45, 2.75) is 19.4 Å². The fraction of sp³-hybridized carbons (Fsp3) is 0.400. The average Bonchev–Trinajstić information content (AvgIpc) is 2.44. The van der Waals surface area contributed by atoms with Gasteiger partial charge in [0.25, 0.3) is 0 Å². The van der Waals surface area contributed by atoms with E-state index >= 15 is 0 Å². The molecule has 1 aromatic rings. The van der Waals surface area contributed by atoms with Gasteiger partial charge in [0.1, 0.15) is 6.79 Å². The molecule has 0 spiro atoms. The predicted octanol–water partition coefficient (Wildman–Crippen LogP) is 2.86. The lowest BCUT2D eigenvalue weighted by atomic mass is 10.1. The number of esters is 1. The second-order valence-corrected chi connectivity index (χ2v) is 3.86. The van der Waals surface area contributed by atoms with Gasteiger partial charge in [0.05, 0.1) is 12.7 Å². The van der Waals surface area contributed by atoms with Gasteiger partial charge in [-0.1, -0.05) is 36.4 Å². The van der Waals surface area contributed by atoms with Gasteiger partial charge >= 0.3 is 5.97 Å². The third-order valence-electron chi connectivity index (χ3n) is 2.45. The minimum atomic E-state index is -0.332. The second-order valence-electron chi connectivity index (χ2n) is 3.86. The predicted molar refractivity (Wildman–Crippen MR) is 72.5 cm³/mol. The lowest BCUT2D eigenvalue weighted by Crippen LogP contribution is -2.06. The zero-order valence-electron chi connectivity index (χ0n) is 11.4. The summed E-state index contributed by atoms with van der Waals surface area (Å²) in [5, 5.41) is 0. The molecule has 0 saturated heterocycles. The maximum absolute atomic E-state index is 11.2. The maximum Gasteiger partial charge on any atom is 0.330 e. The van der Waals surface area contributed by atoms with E-state index in [0.29, 0.717) is 13.0 Å². The quantitative estimate of drug-likeness (QED) is 0.411. The van der Waals surface area contributed by atoms with Crippen molar-refractivity contribution in [2.75, 3.05) is 20.5 Å². The van der Waals surface area contributed by atoms with Crippen molar-refractivity contribution in [3.8, 4) is 0 Å². The topological polar surface area (TPSA) is 44.8 Å². The van der Waals surface area contributed by atoms with Crippen molar-refractivity contribution in [3.05, 3.63) is 48.0 Å².